The zero-order valence-corrected chi connectivity index (χ0v) is 21.9. The smallest absolute Gasteiger partial charge is 0.165 e. The first-order chi connectivity index (χ1) is 20.3. The van der Waals surface area contributed by atoms with Gasteiger partial charge in [-0.2, -0.15) is 0 Å². The number of pyridine rings is 3. The van der Waals surface area contributed by atoms with Gasteiger partial charge in [0, 0.05) is 39.6 Å². The van der Waals surface area contributed by atoms with Gasteiger partial charge < -0.3 is 4.57 Å². The highest BCUT2D eigenvalue weighted by Crippen LogP contribution is 2.45. The molecule has 0 saturated carbocycles. The van der Waals surface area contributed by atoms with Crippen molar-refractivity contribution in [3.8, 4) is 16.8 Å². The Hall–Kier alpha value is -5.55. The Morgan fingerprint density at radius 2 is 1.41 bits per heavy atom. The second kappa shape index (κ2) is 7.55. The van der Waals surface area contributed by atoms with Crippen LogP contribution in [0, 0.1) is 0 Å². The van der Waals surface area contributed by atoms with Crippen molar-refractivity contribution in [3.05, 3.63) is 127 Å². The standard InChI is InChI=1S/C36H21N5/c1-2-9-23(10-3-1)40-29-15-14-25-33(32(29)27-19-22-18-21-8-4-5-11-24(21)26(22)20-31(27)40)36-39-28-12-6-17-38-35(28)41(36)30-13-7-16-37-34(25)30/h1-17,19-20H,18H2. The number of aromatic nitrogens is 5. The molecule has 190 valence electrons. The number of para-hydroxylation sites is 1. The van der Waals surface area contributed by atoms with E-state index in [0.29, 0.717) is 0 Å². The zero-order valence-electron chi connectivity index (χ0n) is 21.9. The van der Waals surface area contributed by atoms with Crippen LogP contribution in [0.1, 0.15) is 11.1 Å². The number of rotatable bonds is 1. The van der Waals surface area contributed by atoms with E-state index < -0.39 is 0 Å². The molecule has 0 saturated heterocycles. The molecule has 9 aromatic rings. The van der Waals surface area contributed by atoms with E-state index in [1.165, 1.54) is 38.5 Å². The molecule has 0 radical (unpaired) electrons. The molecule has 0 unspecified atom stereocenters. The Morgan fingerprint density at radius 1 is 0.561 bits per heavy atom. The third-order valence-corrected chi connectivity index (χ3v) is 8.78. The van der Waals surface area contributed by atoms with E-state index in [1.807, 2.05) is 30.6 Å². The summed E-state index contributed by atoms with van der Waals surface area (Å²) in [5.41, 5.74) is 13.5. The minimum Gasteiger partial charge on any atom is -0.309 e. The molecule has 5 aromatic heterocycles. The first kappa shape index (κ1) is 21.3. The normalized spacial score (nSPS) is 12.8. The van der Waals surface area contributed by atoms with Gasteiger partial charge in [0.25, 0.3) is 0 Å². The van der Waals surface area contributed by atoms with Crippen molar-refractivity contribution < 1.29 is 0 Å². The second-order valence-electron chi connectivity index (χ2n) is 10.9. The topological polar surface area (TPSA) is 48.0 Å². The maximum Gasteiger partial charge on any atom is 0.165 e. The lowest BCUT2D eigenvalue weighted by molar-refractivity contribution is 1.18. The summed E-state index contributed by atoms with van der Waals surface area (Å²) >= 11 is 0. The lowest BCUT2D eigenvalue weighted by Gasteiger charge is -2.10. The number of hydrogen-bond acceptors (Lipinski definition) is 3. The lowest BCUT2D eigenvalue weighted by Crippen LogP contribution is -1.96. The molecule has 5 heteroatoms. The van der Waals surface area contributed by atoms with Crippen LogP contribution in [0.4, 0.5) is 0 Å². The Morgan fingerprint density at radius 3 is 2.37 bits per heavy atom. The Kier molecular flexibility index (Phi) is 3.92. The van der Waals surface area contributed by atoms with Crippen molar-refractivity contribution in [1.29, 1.82) is 0 Å². The van der Waals surface area contributed by atoms with Crippen molar-refractivity contribution >= 4 is 60.4 Å². The quantitative estimate of drug-likeness (QED) is 0.204. The highest BCUT2D eigenvalue weighted by Gasteiger charge is 2.25. The number of nitrogens with zero attached hydrogens (tertiary/aromatic N) is 5. The number of fused-ring (bicyclic) bond motifs is 15. The number of hydrogen-bond donors (Lipinski definition) is 0. The summed E-state index contributed by atoms with van der Waals surface area (Å²) in [4.78, 5) is 14.9. The molecule has 0 atom stereocenters. The maximum atomic E-state index is 5.20. The van der Waals surface area contributed by atoms with Crippen LogP contribution in [-0.4, -0.2) is 23.9 Å². The highest BCUT2D eigenvalue weighted by atomic mass is 15.1. The molecule has 10 rings (SSSR count). The molecule has 1 aliphatic carbocycles. The van der Waals surface area contributed by atoms with E-state index in [-0.39, 0.29) is 0 Å². The summed E-state index contributed by atoms with van der Waals surface area (Å²) in [7, 11) is 0. The number of imidazole rings is 1. The van der Waals surface area contributed by atoms with Crippen LogP contribution in [0.15, 0.2) is 116 Å². The fourth-order valence-electron chi connectivity index (χ4n) is 7.12. The van der Waals surface area contributed by atoms with Crippen molar-refractivity contribution in [2.75, 3.05) is 0 Å². The van der Waals surface area contributed by atoms with Gasteiger partial charge in [0.15, 0.2) is 5.65 Å². The van der Waals surface area contributed by atoms with Crippen molar-refractivity contribution in [1.82, 2.24) is 23.9 Å². The van der Waals surface area contributed by atoms with Crippen molar-refractivity contribution in [3.63, 3.8) is 0 Å². The van der Waals surface area contributed by atoms with Crippen LogP contribution < -0.4 is 0 Å². The third kappa shape index (κ3) is 2.68. The average molecular weight is 524 g/mol. The molecule has 5 heterocycles. The van der Waals surface area contributed by atoms with Gasteiger partial charge in [-0.05, 0) is 89.3 Å². The summed E-state index contributed by atoms with van der Waals surface area (Å²) in [6.07, 6.45) is 4.66. The lowest BCUT2D eigenvalue weighted by atomic mass is 10.00. The Labute approximate surface area is 234 Å². The SMILES string of the molecule is c1ccc(-n2c3cc4c(cc3c3c5c(ccc32)c2ncccc2n2c3ncccc3nc52)Cc2ccccc2-4)cc1. The van der Waals surface area contributed by atoms with Gasteiger partial charge in [0.2, 0.25) is 0 Å². The minimum atomic E-state index is 0.850. The molecule has 0 spiro atoms. The molecular weight excluding hydrogens is 502 g/mol. The molecule has 0 fully saturated rings. The molecule has 5 nitrogen and oxygen atoms in total. The summed E-state index contributed by atoms with van der Waals surface area (Å²) < 4.78 is 4.60. The fraction of sp³-hybridized carbons (Fsp3) is 0.0278. The predicted octanol–water partition coefficient (Wildman–Crippen LogP) is 8.25. The van der Waals surface area contributed by atoms with E-state index in [0.717, 1.165) is 56.2 Å². The van der Waals surface area contributed by atoms with E-state index in [1.54, 1.807) is 0 Å². The summed E-state index contributed by atoms with van der Waals surface area (Å²) in [6, 6.07) is 36.9. The minimum absolute atomic E-state index is 0.850. The first-order valence-electron chi connectivity index (χ1n) is 13.9. The molecule has 41 heavy (non-hydrogen) atoms. The molecule has 0 aliphatic heterocycles. The Balaban J connectivity index is 1.48. The molecule has 1 aliphatic rings. The van der Waals surface area contributed by atoms with Crippen LogP contribution in [0.2, 0.25) is 0 Å². The second-order valence-corrected chi connectivity index (χ2v) is 10.9. The van der Waals surface area contributed by atoms with Crippen LogP contribution in [0.3, 0.4) is 0 Å². The van der Waals surface area contributed by atoms with Gasteiger partial charge in [-0.25, -0.2) is 9.97 Å². The van der Waals surface area contributed by atoms with Gasteiger partial charge in [0.1, 0.15) is 11.2 Å². The van der Waals surface area contributed by atoms with Gasteiger partial charge in [-0.15, -0.1) is 0 Å². The van der Waals surface area contributed by atoms with Crippen LogP contribution in [0.25, 0.3) is 77.2 Å². The average Bonchev–Trinajstić information content (AvgIpc) is 3.69. The van der Waals surface area contributed by atoms with E-state index in [2.05, 4.69) is 93.9 Å². The third-order valence-electron chi connectivity index (χ3n) is 8.78. The zero-order chi connectivity index (χ0) is 26.7. The van der Waals surface area contributed by atoms with E-state index in [4.69, 9.17) is 15.0 Å². The summed E-state index contributed by atoms with van der Waals surface area (Å²) in [5, 5.41) is 4.65. The first-order valence-corrected chi connectivity index (χ1v) is 13.9. The highest BCUT2D eigenvalue weighted by molar-refractivity contribution is 6.29. The monoisotopic (exact) mass is 523 g/mol. The maximum absolute atomic E-state index is 5.20. The van der Waals surface area contributed by atoms with E-state index in [9.17, 15) is 0 Å². The fourth-order valence-corrected chi connectivity index (χ4v) is 7.12. The molecule has 0 amide bonds. The van der Waals surface area contributed by atoms with E-state index >= 15 is 0 Å². The summed E-state index contributed by atoms with van der Waals surface area (Å²) in [5.74, 6) is 0. The molecule has 4 aromatic carbocycles. The molecule has 0 N–H and O–H groups in total. The Bertz CT molecular complexity index is 2550. The summed E-state index contributed by atoms with van der Waals surface area (Å²) in [6.45, 7) is 0. The van der Waals surface area contributed by atoms with Crippen LogP contribution in [-0.2, 0) is 6.42 Å². The predicted molar refractivity (Wildman–Crippen MR) is 166 cm³/mol. The van der Waals surface area contributed by atoms with Gasteiger partial charge in [-0.1, -0.05) is 42.5 Å². The van der Waals surface area contributed by atoms with Gasteiger partial charge >= 0.3 is 0 Å². The molecule has 0 bridgehead atoms. The van der Waals surface area contributed by atoms with Crippen LogP contribution >= 0.6 is 0 Å². The van der Waals surface area contributed by atoms with Crippen molar-refractivity contribution in [2.45, 2.75) is 6.42 Å². The van der Waals surface area contributed by atoms with Gasteiger partial charge in [0.05, 0.1) is 22.1 Å². The molecular formula is C36H21N5. The largest absolute Gasteiger partial charge is 0.309 e. The van der Waals surface area contributed by atoms with Crippen molar-refractivity contribution in [2.24, 2.45) is 0 Å². The number of benzene rings is 4. The van der Waals surface area contributed by atoms with Crippen LogP contribution in [0.5, 0.6) is 0 Å². The van der Waals surface area contributed by atoms with Gasteiger partial charge in [-0.3, -0.25) is 9.38 Å².